The van der Waals surface area contributed by atoms with Gasteiger partial charge in [0.2, 0.25) is 0 Å². The fourth-order valence-corrected chi connectivity index (χ4v) is 3.07. The van der Waals surface area contributed by atoms with Crippen LogP contribution in [0.5, 0.6) is 5.75 Å². The van der Waals surface area contributed by atoms with Crippen molar-refractivity contribution in [2.24, 2.45) is 0 Å². The van der Waals surface area contributed by atoms with Crippen molar-refractivity contribution in [3.63, 3.8) is 0 Å². The minimum atomic E-state index is -4.72. The molecule has 0 aliphatic heterocycles. The summed E-state index contributed by atoms with van der Waals surface area (Å²) in [6, 6.07) is 6.12. The smallest absolute Gasteiger partial charge is 0.405 e. The van der Waals surface area contributed by atoms with Gasteiger partial charge in [0.05, 0.1) is 11.3 Å². The molecule has 3 nitrogen and oxygen atoms in total. The number of thiazole rings is 1. The van der Waals surface area contributed by atoms with Gasteiger partial charge in [-0.05, 0) is 33.0 Å². The third-order valence-electron chi connectivity index (χ3n) is 3.00. The van der Waals surface area contributed by atoms with Crippen molar-refractivity contribution in [2.45, 2.75) is 26.3 Å². The molecule has 0 amide bonds. The Morgan fingerprint density at radius 3 is 2.57 bits per heavy atom. The van der Waals surface area contributed by atoms with Crippen LogP contribution in [0, 0.1) is 6.92 Å². The number of aryl methyl sites for hydroxylation is 1. The number of halogens is 3. The first-order valence-corrected chi connectivity index (χ1v) is 7.13. The molecule has 114 valence electrons. The number of ether oxygens (including phenoxy) is 1. The zero-order valence-electron chi connectivity index (χ0n) is 11.8. The van der Waals surface area contributed by atoms with Crippen LogP contribution in [0.2, 0.25) is 0 Å². The molecule has 1 aromatic heterocycles. The van der Waals surface area contributed by atoms with E-state index in [-0.39, 0.29) is 11.8 Å². The summed E-state index contributed by atoms with van der Waals surface area (Å²) in [5.41, 5.74) is 1.15. The number of nitrogens with one attached hydrogen (secondary N) is 1. The van der Waals surface area contributed by atoms with Crippen molar-refractivity contribution in [3.8, 4) is 16.3 Å². The van der Waals surface area contributed by atoms with E-state index in [1.54, 1.807) is 12.1 Å². The Morgan fingerprint density at radius 2 is 1.95 bits per heavy atom. The highest BCUT2D eigenvalue weighted by molar-refractivity contribution is 7.15. The van der Waals surface area contributed by atoms with Crippen LogP contribution in [-0.4, -0.2) is 18.4 Å². The summed E-state index contributed by atoms with van der Waals surface area (Å²) in [5, 5.41) is 3.62. The molecule has 1 unspecified atom stereocenters. The summed E-state index contributed by atoms with van der Waals surface area (Å²) in [6.07, 6.45) is -4.72. The summed E-state index contributed by atoms with van der Waals surface area (Å²) >= 11 is 1.36. The molecule has 7 heteroatoms. The Balaban J connectivity index is 2.43. The molecule has 0 saturated carbocycles. The number of hydrogen-bond acceptors (Lipinski definition) is 4. The molecule has 0 radical (unpaired) electrons. The Kier molecular flexibility index (Phi) is 4.53. The summed E-state index contributed by atoms with van der Waals surface area (Å²) in [7, 11) is 1.82. The summed E-state index contributed by atoms with van der Waals surface area (Å²) < 4.78 is 41.4. The van der Waals surface area contributed by atoms with Gasteiger partial charge in [0.15, 0.2) is 0 Å². The van der Waals surface area contributed by atoms with Crippen LogP contribution in [0.4, 0.5) is 13.2 Å². The van der Waals surface area contributed by atoms with Gasteiger partial charge in [0.1, 0.15) is 10.8 Å². The fourth-order valence-electron chi connectivity index (χ4n) is 1.91. The molecule has 0 spiro atoms. The topological polar surface area (TPSA) is 34.1 Å². The van der Waals surface area contributed by atoms with Gasteiger partial charge >= 0.3 is 6.36 Å². The van der Waals surface area contributed by atoms with Crippen LogP contribution in [0.1, 0.15) is 23.5 Å². The molecular weight excluding hydrogens is 301 g/mol. The van der Waals surface area contributed by atoms with E-state index >= 15 is 0 Å². The summed E-state index contributed by atoms with van der Waals surface area (Å²) in [4.78, 5) is 5.37. The number of hydrogen-bond donors (Lipinski definition) is 1. The van der Waals surface area contributed by atoms with E-state index < -0.39 is 6.36 Å². The predicted molar refractivity (Wildman–Crippen MR) is 76.4 cm³/mol. The number of rotatable bonds is 4. The molecule has 1 atom stereocenters. The normalized spacial score (nSPS) is 13.2. The van der Waals surface area contributed by atoms with Crippen molar-refractivity contribution in [2.75, 3.05) is 7.05 Å². The molecule has 2 rings (SSSR count). The molecule has 2 aromatic rings. The van der Waals surface area contributed by atoms with E-state index in [0.717, 1.165) is 10.6 Å². The van der Waals surface area contributed by atoms with Crippen LogP contribution in [0.25, 0.3) is 10.6 Å². The average Bonchev–Trinajstić information content (AvgIpc) is 2.78. The second-order valence-corrected chi connectivity index (χ2v) is 5.55. The third kappa shape index (κ3) is 3.74. The molecule has 0 saturated heterocycles. The first-order valence-electron chi connectivity index (χ1n) is 6.31. The van der Waals surface area contributed by atoms with Gasteiger partial charge in [0, 0.05) is 10.9 Å². The van der Waals surface area contributed by atoms with Crippen LogP contribution < -0.4 is 10.1 Å². The van der Waals surface area contributed by atoms with Gasteiger partial charge in [-0.3, -0.25) is 0 Å². The molecule has 1 aromatic carbocycles. The molecule has 0 aliphatic carbocycles. The Morgan fingerprint density at radius 1 is 1.29 bits per heavy atom. The van der Waals surface area contributed by atoms with Crippen molar-refractivity contribution in [1.29, 1.82) is 0 Å². The van der Waals surface area contributed by atoms with Crippen molar-refractivity contribution >= 4 is 11.3 Å². The molecular formula is C14H15F3N2OS. The van der Waals surface area contributed by atoms with Crippen LogP contribution in [0.3, 0.4) is 0 Å². The molecule has 21 heavy (non-hydrogen) atoms. The quantitative estimate of drug-likeness (QED) is 0.913. The monoisotopic (exact) mass is 316 g/mol. The SMILES string of the molecule is CNC(C)c1sc(-c2ccccc2OC(F)(F)F)nc1C. The first-order chi connectivity index (χ1) is 9.81. The first kappa shape index (κ1) is 15.8. The molecule has 1 heterocycles. The number of para-hydroxylation sites is 1. The van der Waals surface area contributed by atoms with Crippen molar-refractivity contribution in [1.82, 2.24) is 10.3 Å². The number of alkyl halides is 3. The van der Waals surface area contributed by atoms with E-state index in [1.807, 2.05) is 20.9 Å². The highest BCUT2D eigenvalue weighted by Crippen LogP contribution is 2.38. The lowest BCUT2D eigenvalue weighted by atomic mass is 10.2. The highest BCUT2D eigenvalue weighted by Gasteiger charge is 2.32. The van der Waals surface area contributed by atoms with Gasteiger partial charge in [-0.25, -0.2) is 4.98 Å². The van der Waals surface area contributed by atoms with Crippen LogP contribution >= 0.6 is 11.3 Å². The number of aromatic nitrogens is 1. The standard InChI is InChI=1S/C14H15F3N2OS/c1-8(18-3)12-9(2)19-13(21-12)10-6-4-5-7-11(10)20-14(15,16)17/h4-8,18H,1-3H3. The lowest BCUT2D eigenvalue weighted by Gasteiger charge is -2.11. The van der Waals surface area contributed by atoms with E-state index in [2.05, 4.69) is 15.0 Å². The van der Waals surface area contributed by atoms with Gasteiger partial charge in [0.25, 0.3) is 0 Å². The van der Waals surface area contributed by atoms with E-state index in [1.165, 1.54) is 23.5 Å². The van der Waals surface area contributed by atoms with Crippen LogP contribution in [0.15, 0.2) is 24.3 Å². The van der Waals surface area contributed by atoms with Crippen LogP contribution in [-0.2, 0) is 0 Å². The second kappa shape index (κ2) is 6.03. The number of benzene rings is 1. The largest absolute Gasteiger partial charge is 0.573 e. The zero-order valence-corrected chi connectivity index (χ0v) is 12.6. The Labute approximate surface area is 124 Å². The minimum absolute atomic E-state index is 0.0898. The lowest BCUT2D eigenvalue weighted by molar-refractivity contribution is -0.274. The minimum Gasteiger partial charge on any atom is -0.405 e. The summed E-state index contributed by atoms with van der Waals surface area (Å²) in [6.45, 7) is 3.82. The Bertz CT molecular complexity index is 625. The van der Waals surface area contributed by atoms with Gasteiger partial charge in [-0.15, -0.1) is 24.5 Å². The van der Waals surface area contributed by atoms with Crippen molar-refractivity contribution < 1.29 is 17.9 Å². The molecule has 1 N–H and O–H groups in total. The molecule has 0 bridgehead atoms. The van der Waals surface area contributed by atoms with E-state index in [4.69, 9.17) is 0 Å². The molecule has 0 aliphatic rings. The van der Waals surface area contributed by atoms with Gasteiger partial charge in [-0.2, -0.15) is 0 Å². The van der Waals surface area contributed by atoms with E-state index in [0.29, 0.717) is 10.6 Å². The summed E-state index contributed by atoms with van der Waals surface area (Å²) in [5.74, 6) is -0.234. The van der Waals surface area contributed by atoms with E-state index in [9.17, 15) is 13.2 Å². The second-order valence-electron chi connectivity index (χ2n) is 4.52. The van der Waals surface area contributed by atoms with Gasteiger partial charge < -0.3 is 10.1 Å². The zero-order chi connectivity index (χ0) is 15.6. The fraction of sp³-hybridized carbons (Fsp3) is 0.357. The predicted octanol–water partition coefficient (Wildman–Crippen LogP) is 4.30. The van der Waals surface area contributed by atoms with Gasteiger partial charge in [-0.1, -0.05) is 12.1 Å². The third-order valence-corrected chi connectivity index (χ3v) is 4.38. The lowest BCUT2D eigenvalue weighted by Crippen LogP contribution is -2.17. The maximum absolute atomic E-state index is 12.5. The maximum Gasteiger partial charge on any atom is 0.573 e. The maximum atomic E-state index is 12.5. The Hall–Kier alpha value is -1.60. The molecule has 0 fully saturated rings. The highest BCUT2D eigenvalue weighted by atomic mass is 32.1. The number of nitrogens with zero attached hydrogens (tertiary/aromatic N) is 1. The average molecular weight is 316 g/mol. The van der Waals surface area contributed by atoms with Crippen molar-refractivity contribution in [3.05, 3.63) is 34.8 Å².